The Labute approximate surface area is 673 Å². The summed E-state index contributed by atoms with van der Waals surface area (Å²) in [5, 5.41) is 0.483. The maximum absolute atomic E-state index is 14.1. The molecule has 3 aromatic heterocycles. The van der Waals surface area contributed by atoms with E-state index in [0.29, 0.717) is 16.7 Å². The van der Waals surface area contributed by atoms with Crippen LogP contribution in [0.2, 0.25) is 30.1 Å². The highest BCUT2D eigenvalue weighted by Gasteiger charge is 2.56. The van der Waals surface area contributed by atoms with E-state index in [9.17, 15) is 83.9 Å². The van der Waals surface area contributed by atoms with Crippen molar-refractivity contribution < 1.29 is 103 Å². The lowest BCUT2D eigenvalue weighted by Gasteiger charge is -2.30. The third-order valence-electron chi connectivity index (χ3n) is 17.9. The van der Waals surface area contributed by atoms with E-state index in [-0.39, 0.29) is 127 Å². The Kier molecular flexibility index (Phi) is 24.3. The Morgan fingerprint density at radius 2 is 0.772 bits per heavy atom. The Morgan fingerprint density at radius 3 is 1.05 bits per heavy atom. The van der Waals surface area contributed by atoms with Gasteiger partial charge in [0.25, 0.3) is 47.8 Å². The van der Waals surface area contributed by atoms with Crippen LogP contribution in [-0.2, 0) is 89.9 Å². The fraction of sp³-hybridized carbons (Fsp3) is 0.290. The number of anilines is 6. The highest BCUT2D eigenvalue weighted by Crippen LogP contribution is 2.49. The molecule has 4 aliphatic heterocycles. The number of carbonyl (C=O) groups excluding carboxylic acids is 4. The number of carbonyl (C=O) groups is 4. The Bertz CT molecular complexity index is 5530. The molecule has 13 rings (SSSR count). The van der Waals surface area contributed by atoms with E-state index in [1.165, 1.54) is 146 Å². The molecule has 6 aromatic carbocycles. The van der Waals surface area contributed by atoms with E-state index in [2.05, 4.69) is 38.6 Å². The van der Waals surface area contributed by atoms with Gasteiger partial charge < -0.3 is 24.7 Å². The van der Waals surface area contributed by atoms with Crippen molar-refractivity contribution in [3.63, 3.8) is 0 Å². The molecule has 45 heteroatoms. The number of aromatic nitrogens is 6. The molecular weight excluding hydrogens is 1710 g/mol. The number of sulfonamides is 3. The van der Waals surface area contributed by atoms with Gasteiger partial charge in [0.15, 0.2) is 15.1 Å². The van der Waals surface area contributed by atoms with Crippen LogP contribution in [0, 0.1) is 0 Å². The molecule has 4 N–H and O–H groups in total. The van der Waals surface area contributed by atoms with Gasteiger partial charge in [0, 0.05) is 69.0 Å². The first-order valence-electron chi connectivity index (χ1n) is 33.2. The highest BCUT2D eigenvalue weighted by atomic mass is 35.5. The van der Waals surface area contributed by atoms with E-state index in [4.69, 9.17) is 80.1 Å². The number of hydrogen-bond acceptors (Lipinski definition) is 17. The van der Waals surface area contributed by atoms with E-state index in [1.807, 2.05) is 0 Å². The average molecular weight is 1780 g/mol. The summed E-state index contributed by atoms with van der Waals surface area (Å²) in [5.74, 6) is -3.99. The summed E-state index contributed by atoms with van der Waals surface area (Å²) < 4.78 is 220. The molecule has 608 valence electrons. The third kappa shape index (κ3) is 18.2. The molecular formula is C69H60Cl6F9N13O14S3. The largest absolute Gasteiger partial charge is 0.573 e. The average Bonchev–Trinajstić information content (AvgIpc) is 1.56. The summed E-state index contributed by atoms with van der Waals surface area (Å²) in [6.07, 6.45) is -11.6. The lowest BCUT2D eigenvalue weighted by atomic mass is 9.92. The summed E-state index contributed by atoms with van der Waals surface area (Å²) in [5.41, 5.74) is 2.53. The SMILES string of the molecule is CCNS(=O)(=O)c1cnc2n1[C@](C)(Cc1ccc(OC(F)(F)F)cc1)C(=O)N2c1cc(Cl)cc(Cl)c1.C[C@@]1(Cc2ccc(OC(F)(F)F)cc2)C(=O)N(c2cc(Cl)cc(Cl)c2)c2ncc(S(=O)(=O)N3CCOCC3)n21.C[C@H](NS(=O)(=O)c1cnc2n1[C@](C)(Cc1ccc(OC(F)(F)F)cc1)C(=O)N2c1cc(Cl)cc(Cl)c1)C(N)=O. The van der Waals surface area contributed by atoms with Gasteiger partial charge in [0.1, 0.15) is 33.9 Å². The zero-order valence-electron chi connectivity index (χ0n) is 59.2. The lowest BCUT2D eigenvalue weighted by Crippen LogP contribution is -2.45. The van der Waals surface area contributed by atoms with Crippen LogP contribution in [0.4, 0.5) is 74.4 Å². The van der Waals surface area contributed by atoms with Crippen LogP contribution in [0.5, 0.6) is 17.2 Å². The van der Waals surface area contributed by atoms with Crippen LogP contribution in [0.25, 0.3) is 0 Å². The smallest absolute Gasteiger partial charge is 0.406 e. The Balaban J connectivity index is 0.000000169. The van der Waals surface area contributed by atoms with Crippen molar-refractivity contribution in [3.05, 3.63) is 193 Å². The summed E-state index contributed by atoms with van der Waals surface area (Å²) >= 11 is 36.9. The molecule has 4 amide bonds. The number of fused-ring (bicyclic) bond motifs is 3. The summed E-state index contributed by atoms with van der Waals surface area (Å²) in [6.45, 7) is 8.16. The number of imidazole rings is 3. The van der Waals surface area contributed by atoms with Crippen LogP contribution < -0.4 is 44.1 Å². The molecule has 27 nitrogen and oxygen atoms in total. The van der Waals surface area contributed by atoms with Gasteiger partial charge in [-0.25, -0.2) is 59.6 Å². The van der Waals surface area contributed by atoms with Crippen LogP contribution in [-0.4, -0.2) is 140 Å². The van der Waals surface area contributed by atoms with E-state index < -0.39 is 118 Å². The number of ether oxygens (including phenoxy) is 4. The quantitative estimate of drug-likeness (QED) is 0.0563. The number of amides is 4. The molecule has 0 saturated carbocycles. The van der Waals surface area contributed by atoms with E-state index >= 15 is 0 Å². The van der Waals surface area contributed by atoms with Crippen molar-refractivity contribution in [1.29, 1.82) is 0 Å². The molecule has 0 aliphatic carbocycles. The summed E-state index contributed by atoms with van der Waals surface area (Å²) in [7, 11) is -12.6. The molecule has 7 heterocycles. The Morgan fingerprint density at radius 1 is 0.491 bits per heavy atom. The number of halogens is 15. The van der Waals surface area contributed by atoms with Crippen molar-refractivity contribution in [2.75, 3.05) is 47.5 Å². The van der Waals surface area contributed by atoms with Crippen LogP contribution in [0.1, 0.15) is 51.3 Å². The number of benzene rings is 6. The van der Waals surface area contributed by atoms with Crippen molar-refractivity contribution in [2.24, 2.45) is 5.73 Å². The number of hydrogen-bond donors (Lipinski definition) is 3. The fourth-order valence-electron chi connectivity index (χ4n) is 13.0. The number of rotatable bonds is 21. The van der Waals surface area contributed by atoms with Crippen molar-refractivity contribution in [3.8, 4) is 17.2 Å². The second-order valence-electron chi connectivity index (χ2n) is 26.2. The molecule has 114 heavy (non-hydrogen) atoms. The molecule has 0 radical (unpaired) electrons. The first-order valence-corrected chi connectivity index (χ1v) is 39.8. The lowest BCUT2D eigenvalue weighted by molar-refractivity contribution is -0.275. The minimum absolute atomic E-state index is 0.0225. The van der Waals surface area contributed by atoms with Gasteiger partial charge in [-0.2, -0.15) is 9.03 Å². The Hall–Kier alpha value is -8.97. The minimum atomic E-state index is -4.89. The minimum Gasteiger partial charge on any atom is -0.406 e. The first kappa shape index (κ1) is 85.9. The topological polar surface area (TPSA) is 324 Å². The van der Waals surface area contributed by atoms with Gasteiger partial charge in [-0.15, -0.1) is 39.5 Å². The zero-order valence-corrected chi connectivity index (χ0v) is 66.2. The molecule has 0 bridgehead atoms. The van der Waals surface area contributed by atoms with Gasteiger partial charge in [-0.3, -0.25) is 32.9 Å². The van der Waals surface area contributed by atoms with Gasteiger partial charge >= 0.3 is 19.1 Å². The number of morpholine rings is 1. The zero-order chi connectivity index (χ0) is 83.5. The standard InChI is InChI=1S/C24H21Cl2F3N4O5S.C23H20Cl2F3N5O5S.C22H19Cl2F3N4O4S/c1-23(13-15-2-4-19(5-3-15)38-24(27,28)29)21(34)32(18-11-16(25)10-17(26)12-18)22-30-14-20(33(22)23)39(35,36)31-6-8-37-9-7-31;1-12(19(29)34)31-39(36,37)18-11-30-21-32(16-8-14(24)7-15(25)9-16)20(35)22(2,33(18)21)10-13-3-5-17(6-4-13)38-23(26,27)28;1-3-29-36(33,34)18-12-28-20-30(16-9-14(23)8-15(24)10-16)19(32)21(2,31(18)20)11-13-4-6-17(7-5-13)35-22(25,26)27/h2-5,10-12,14H,6-9,13H2,1H3;3-9,11-12,31H,10H2,1-2H3,(H2,29,34);4-10,12,29H,3,11H2,1-2H3/t23-;12-,22+;21-/m101/s1. The van der Waals surface area contributed by atoms with E-state index in [1.54, 1.807) is 13.8 Å². The summed E-state index contributed by atoms with van der Waals surface area (Å²) in [6, 6.07) is 26.7. The second kappa shape index (κ2) is 32.3. The predicted molar refractivity (Wildman–Crippen MR) is 398 cm³/mol. The van der Waals surface area contributed by atoms with Gasteiger partial charge in [-0.05, 0) is 135 Å². The highest BCUT2D eigenvalue weighted by molar-refractivity contribution is 7.90. The van der Waals surface area contributed by atoms with Crippen molar-refractivity contribution in [2.45, 2.75) is 111 Å². The fourth-order valence-corrected chi connectivity index (χ4v) is 18.8. The summed E-state index contributed by atoms with van der Waals surface area (Å²) in [4.78, 5) is 69.7. The maximum atomic E-state index is 14.1. The monoisotopic (exact) mass is 1770 g/mol. The third-order valence-corrected chi connectivity index (χ3v) is 24.0. The van der Waals surface area contributed by atoms with Gasteiger partial charge in [-0.1, -0.05) is 113 Å². The number of primary amides is 1. The molecule has 4 atom stereocenters. The van der Waals surface area contributed by atoms with Gasteiger partial charge in [0.05, 0.1) is 54.9 Å². The van der Waals surface area contributed by atoms with Gasteiger partial charge in [0.2, 0.25) is 23.8 Å². The number of alkyl halides is 9. The van der Waals surface area contributed by atoms with Crippen LogP contribution >= 0.6 is 69.6 Å². The molecule has 4 aliphatic rings. The number of nitrogens with zero attached hydrogens (tertiary/aromatic N) is 10. The maximum Gasteiger partial charge on any atom is 0.573 e. The number of nitrogens with one attached hydrogen (secondary N) is 2. The molecule has 9 aromatic rings. The van der Waals surface area contributed by atoms with Crippen LogP contribution in [0.15, 0.2) is 161 Å². The van der Waals surface area contributed by atoms with Crippen LogP contribution in [0.3, 0.4) is 0 Å². The van der Waals surface area contributed by atoms with E-state index in [0.717, 1.165) is 53.7 Å². The molecule has 0 unspecified atom stereocenters. The normalized spacial score (nSPS) is 18.9. The molecule has 0 spiro atoms. The predicted octanol–water partition coefficient (Wildman–Crippen LogP) is 13.6. The molecule has 1 saturated heterocycles. The van der Waals surface area contributed by atoms with Crippen molar-refractivity contribution in [1.82, 2.24) is 42.4 Å². The van der Waals surface area contributed by atoms with Crippen molar-refractivity contribution >= 4 is 158 Å². The molecule has 1 fully saturated rings. The first-order chi connectivity index (χ1) is 53.1. The number of nitrogens with two attached hydrogens (primary N) is 1. The second-order valence-corrected chi connectivity index (χ2v) is 34.1.